The van der Waals surface area contributed by atoms with E-state index in [0.29, 0.717) is 19.5 Å². The van der Waals surface area contributed by atoms with Gasteiger partial charge in [0.25, 0.3) is 0 Å². The van der Waals surface area contributed by atoms with Crippen molar-refractivity contribution in [3.05, 3.63) is 0 Å². The maximum Gasteiger partial charge on any atom is 0.225 e. The zero-order valence-corrected chi connectivity index (χ0v) is 14.5. The van der Waals surface area contributed by atoms with Crippen molar-refractivity contribution in [2.45, 2.75) is 59.5 Å². The van der Waals surface area contributed by atoms with Crippen LogP contribution in [0.15, 0.2) is 0 Å². The lowest BCUT2D eigenvalue weighted by atomic mass is 9.95. The van der Waals surface area contributed by atoms with Crippen molar-refractivity contribution in [2.75, 3.05) is 19.6 Å². The molecule has 0 aromatic heterocycles. The number of hydrogen-bond acceptors (Lipinski definition) is 3. The topological polar surface area (TPSA) is 69.6 Å². The molecule has 0 aromatic rings. The van der Waals surface area contributed by atoms with Gasteiger partial charge >= 0.3 is 0 Å². The van der Waals surface area contributed by atoms with Gasteiger partial charge in [-0.1, -0.05) is 27.7 Å². The summed E-state index contributed by atoms with van der Waals surface area (Å²) >= 11 is 0. The van der Waals surface area contributed by atoms with Crippen LogP contribution >= 0.6 is 0 Å². The fourth-order valence-corrected chi connectivity index (χ4v) is 2.70. The van der Waals surface area contributed by atoms with Crippen LogP contribution in [0.3, 0.4) is 0 Å². The second-order valence-corrected chi connectivity index (χ2v) is 6.82. The van der Waals surface area contributed by atoms with Crippen molar-refractivity contribution in [3.63, 3.8) is 0 Å². The fourth-order valence-electron chi connectivity index (χ4n) is 2.70. The van der Waals surface area contributed by atoms with Gasteiger partial charge in [-0.2, -0.15) is 0 Å². The Morgan fingerprint density at radius 3 is 2.59 bits per heavy atom. The average Bonchev–Trinajstić information content (AvgIpc) is 2.53. The van der Waals surface area contributed by atoms with E-state index in [0.717, 1.165) is 25.8 Å². The fraction of sp³-hybridized carbons (Fsp3) is 0.882. The van der Waals surface area contributed by atoms with E-state index in [1.54, 1.807) is 0 Å². The molecule has 128 valence electrons. The van der Waals surface area contributed by atoms with Crippen molar-refractivity contribution in [1.29, 1.82) is 0 Å². The third kappa shape index (κ3) is 5.59. The summed E-state index contributed by atoms with van der Waals surface area (Å²) in [4.78, 5) is 26.3. The van der Waals surface area contributed by atoms with Crippen LogP contribution in [0, 0.1) is 17.8 Å². The first-order valence-electron chi connectivity index (χ1n) is 8.61. The molecule has 0 radical (unpaired) electrons. The number of hydrogen-bond donors (Lipinski definition) is 2. The quantitative estimate of drug-likeness (QED) is 0.753. The second-order valence-electron chi connectivity index (χ2n) is 6.82. The normalized spacial score (nSPS) is 21.5. The number of nitrogens with one attached hydrogen (secondary N) is 1. The summed E-state index contributed by atoms with van der Waals surface area (Å²) in [6.07, 6.45) is 2.75. The van der Waals surface area contributed by atoms with E-state index in [4.69, 9.17) is 0 Å². The Balaban J connectivity index is 2.41. The first-order valence-corrected chi connectivity index (χ1v) is 8.61. The SMILES string of the molecule is CCC(C)C(=O)N1CCCC(C(=O)NCCC(O)C(C)C)C1. The van der Waals surface area contributed by atoms with Gasteiger partial charge in [0.1, 0.15) is 0 Å². The van der Waals surface area contributed by atoms with Gasteiger partial charge in [0.05, 0.1) is 12.0 Å². The highest BCUT2D eigenvalue weighted by Crippen LogP contribution is 2.19. The highest BCUT2D eigenvalue weighted by Gasteiger charge is 2.29. The second kappa shape index (κ2) is 9.13. The monoisotopic (exact) mass is 312 g/mol. The number of aliphatic hydroxyl groups is 1. The van der Waals surface area contributed by atoms with Crippen LogP contribution < -0.4 is 5.32 Å². The molecular weight excluding hydrogens is 280 g/mol. The molecule has 5 heteroatoms. The molecule has 3 unspecified atom stereocenters. The molecule has 1 aliphatic rings. The summed E-state index contributed by atoms with van der Waals surface area (Å²) in [5, 5.41) is 12.7. The molecule has 1 saturated heterocycles. The summed E-state index contributed by atoms with van der Waals surface area (Å²) in [5.74, 6) is 0.295. The number of carbonyl (C=O) groups excluding carboxylic acids is 2. The van der Waals surface area contributed by atoms with Crippen molar-refractivity contribution in [1.82, 2.24) is 10.2 Å². The molecular formula is C17H32N2O3. The van der Waals surface area contributed by atoms with Crippen LogP contribution in [0.25, 0.3) is 0 Å². The largest absolute Gasteiger partial charge is 0.393 e. The molecule has 1 aliphatic heterocycles. The summed E-state index contributed by atoms with van der Waals surface area (Å²) in [6, 6.07) is 0. The highest BCUT2D eigenvalue weighted by atomic mass is 16.3. The molecule has 2 N–H and O–H groups in total. The highest BCUT2D eigenvalue weighted by molar-refractivity contribution is 5.82. The minimum Gasteiger partial charge on any atom is -0.393 e. The van der Waals surface area contributed by atoms with E-state index in [2.05, 4.69) is 5.32 Å². The van der Waals surface area contributed by atoms with Crippen LogP contribution in [0.5, 0.6) is 0 Å². The van der Waals surface area contributed by atoms with Crippen LogP contribution in [0.2, 0.25) is 0 Å². The van der Waals surface area contributed by atoms with Gasteiger partial charge in [-0.05, 0) is 31.6 Å². The minimum atomic E-state index is -0.380. The van der Waals surface area contributed by atoms with Crippen molar-refractivity contribution >= 4 is 11.8 Å². The van der Waals surface area contributed by atoms with Gasteiger partial charge in [-0.15, -0.1) is 0 Å². The summed E-state index contributed by atoms with van der Waals surface area (Å²) in [5.41, 5.74) is 0. The van der Waals surface area contributed by atoms with Crippen LogP contribution in [-0.4, -0.2) is 47.6 Å². The van der Waals surface area contributed by atoms with Gasteiger partial charge in [0, 0.05) is 25.6 Å². The number of carbonyl (C=O) groups is 2. The molecule has 0 saturated carbocycles. The molecule has 5 nitrogen and oxygen atoms in total. The zero-order valence-electron chi connectivity index (χ0n) is 14.5. The molecule has 0 aromatic carbocycles. The van der Waals surface area contributed by atoms with E-state index in [-0.39, 0.29) is 35.7 Å². The van der Waals surface area contributed by atoms with Gasteiger partial charge in [-0.3, -0.25) is 9.59 Å². The Morgan fingerprint density at radius 1 is 1.32 bits per heavy atom. The van der Waals surface area contributed by atoms with E-state index >= 15 is 0 Å². The van der Waals surface area contributed by atoms with Crippen molar-refractivity contribution in [3.8, 4) is 0 Å². The van der Waals surface area contributed by atoms with Gasteiger partial charge in [-0.25, -0.2) is 0 Å². The summed E-state index contributed by atoms with van der Waals surface area (Å²) < 4.78 is 0. The Morgan fingerprint density at radius 2 is 2.00 bits per heavy atom. The van der Waals surface area contributed by atoms with Crippen LogP contribution in [0.4, 0.5) is 0 Å². The maximum absolute atomic E-state index is 12.2. The first kappa shape index (κ1) is 18.9. The molecule has 3 atom stereocenters. The van der Waals surface area contributed by atoms with E-state index in [1.807, 2.05) is 32.6 Å². The van der Waals surface area contributed by atoms with Crippen molar-refractivity contribution in [2.24, 2.45) is 17.8 Å². The lowest BCUT2D eigenvalue weighted by Gasteiger charge is -2.33. The standard InChI is InChI=1S/C17H32N2O3/c1-5-13(4)17(22)19-10-6-7-14(11-19)16(21)18-9-8-15(20)12(2)3/h12-15,20H,5-11H2,1-4H3,(H,18,21). The van der Waals surface area contributed by atoms with Gasteiger partial charge in [0.15, 0.2) is 0 Å². The summed E-state index contributed by atoms with van der Waals surface area (Å²) in [7, 11) is 0. The van der Waals surface area contributed by atoms with Crippen molar-refractivity contribution < 1.29 is 14.7 Å². The molecule has 22 heavy (non-hydrogen) atoms. The Hall–Kier alpha value is -1.10. The molecule has 0 spiro atoms. The third-order valence-corrected chi connectivity index (χ3v) is 4.65. The lowest BCUT2D eigenvalue weighted by molar-refractivity contribution is -0.138. The lowest BCUT2D eigenvalue weighted by Crippen LogP contribution is -2.47. The molecule has 0 aliphatic carbocycles. The maximum atomic E-state index is 12.2. The number of nitrogens with zero attached hydrogens (tertiary/aromatic N) is 1. The predicted molar refractivity (Wildman–Crippen MR) is 87.2 cm³/mol. The number of piperidine rings is 1. The van der Waals surface area contributed by atoms with Gasteiger partial charge in [0.2, 0.25) is 11.8 Å². The number of rotatable bonds is 7. The smallest absolute Gasteiger partial charge is 0.225 e. The molecule has 2 amide bonds. The van der Waals surface area contributed by atoms with Crippen LogP contribution in [0.1, 0.15) is 53.4 Å². The molecule has 1 fully saturated rings. The molecule has 1 heterocycles. The zero-order chi connectivity index (χ0) is 16.7. The van der Waals surface area contributed by atoms with Crippen LogP contribution in [-0.2, 0) is 9.59 Å². The Kier molecular flexibility index (Phi) is 7.87. The first-order chi connectivity index (χ1) is 10.4. The molecule has 0 bridgehead atoms. The third-order valence-electron chi connectivity index (χ3n) is 4.65. The number of amides is 2. The van der Waals surface area contributed by atoms with E-state index in [1.165, 1.54) is 0 Å². The predicted octanol–water partition coefficient (Wildman–Crippen LogP) is 1.79. The molecule has 1 rings (SSSR count). The Bertz CT molecular complexity index is 371. The minimum absolute atomic E-state index is 0.0117. The van der Waals surface area contributed by atoms with Gasteiger partial charge < -0.3 is 15.3 Å². The van der Waals surface area contributed by atoms with E-state index < -0.39 is 0 Å². The van der Waals surface area contributed by atoms with E-state index in [9.17, 15) is 14.7 Å². The Labute approximate surface area is 134 Å². The average molecular weight is 312 g/mol. The summed E-state index contributed by atoms with van der Waals surface area (Å²) in [6.45, 7) is 9.67. The number of aliphatic hydroxyl groups excluding tert-OH is 1. The number of likely N-dealkylation sites (tertiary alicyclic amines) is 1.